The quantitative estimate of drug-likeness (QED) is 0.779. The van der Waals surface area contributed by atoms with Crippen molar-refractivity contribution in [3.63, 3.8) is 0 Å². The molecule has 0 amide bonds. The van der Waals surface area contributed by atoms with Crippen LogP contribution in [0.4, 0.5) is 5.82 Å². The Morgan fingerprint density at radius 3 is 2.71 bits per heavy atom. The van der Waals surface area contributed by atoms with Crippen LogP contribution >= 0.6 is 0 Å². The molecule has 0 radical (unpaired) electrons. The van der Waals surface area contributed by atoms with Crippen molar-refractivity contribution in [3.05, 3.63) is 23.4 Å². The molecule has 1 aromatic heterocycles. The third-order valence-corrected chi connectivity index (χ3v) is 3.26. The molecular formula is C13H17N3O. The highest BCUT2D eigenvalue weighted by Crippen LogP contribution is 2.22. The number of methoxy groups -OCH3 is 1. The largest absolute Gasteiger partial charge is 0.381 e. The number of nitriles is 1. The van der Waals surface area contributed by atoms with Crippen LogP contribution in [0.25, 0.3) is 0 Å². The third-order valence-electron chi connectivity index (χ3n) is 3.26. The summed E-state index contributed by atoms with van der Waals surface area (Å²) in [5.41, 5.74) is 1.61. The molecule has 1 saturated heterocycles. The van der Waals surface area contributed by atoms with E-state index in [1.165, 1.54) is 0 Å². The maximum Gasteiger partial charge on any atom is 0.142 e. The summed E-state index contributed by atoms with van der Waals surface area (Å²) in [5.74, 6) is 0.943. The summed E-state index contributed by atoms with van der Waals surface area (Å²) < 4.78 is 5.35. The number of aromatic nitrogens is 1. The van der Waals surface area contributed by atoms with Crippen molar-refractivity contribution in [1.82, 2.24) is 4.98 Å². The van der Waals surface area contributed by atoms with Gasteiger partial charge in [0.15, 0.2) is 0 Å². The third kappa shape index (κ3) is 2.56. The van der Waals surface area contributed by atoms with Gasteiger partial charge < -0.3 is 9.64 Å². The summed E-state index contributed by atoms with van der Waals surface area (Å²) in [6, 6.07) is 5.82. The molecule has 1 fully saturated rings. The van der Waals surface area contributed by atoms with Crippen molar-refractivity contribution in [3.8, 4) is 6.07 Å². The van der Waals surface area contributed by atoms with E-state index in [0.717, 1.165) is 37.3 Å². The number of piperidine rings is 1. The van der Waals surface area contributed by atoms with Gasteiger partial charge in [0.25, 0.3) is 0 Å². The van der Waals surface area contributed by atoms with Gasteiger partial charge in [0.1, 0.15) is 17.6 Å². The molecule has 2 heterocycles. The van der Waals surface area contributed by atoms with Gasteiger partial charge in [-0.3, -0.25) is 0 Å². The number of rotatable bonds is 2. The van der Waals surface area contributed by atoms with E-state index in [-0.39, 0.29) is 0 Å². The Hall–Kier alpha value is -1.60. The molecule has 0 bridgehead atoms. The lowest BCUT2D eigenvalue weighted by atomic mass is 10.1. The molecule has 0 aromatic carbocycles. The van der Waals surface area contributed by atoms with Crippen LogP contribution in [-0.2, 0) is 4.74 Å². The van der Waals surface area contributed by atoms with Gasteiger partial charge in [-0.05, 0) is 31.4 Å². The standard InChI is InChI=1S/C13H17N3O/c1-10-3-4-11(9-14)15-13(10)16-7-5-12(17-2)6-8-16/h3-4,12H,5-8H2,1-2H3. The molecule has 4 heteroatoms. The van der Waals surface area contributed by atoms with Crippen LogP contribution in [0.1, 0.15) is 24.1 Å². The van der Waals surface area contributed by atoms with E-state index in [0.29, 0.717) is 11.8 Å². The van der Waals surface area contributed by atoms with Crippen LogP contribution in [0.15, 0.2) is 12.1 Å². The minimum Gasteiger partial charge on any atom is -0.381 e. The fourth-order valence-corrected chi connectivity index (χ4v) is 2.20. The van der Waals surface area contributed by atoms with Gasteiger partial charge in [-0.2, -0.15) is 5.26 Å². The summed E-state index contributed by atoms with van der Waals surface area (Å²) in [6.45, 7) is 3.92. The van der Waals surface area contributed by atoms with Crippen LogP contribution in [0.3, 0.4) is 0 Å². The van der Waals surface area contributed by atoms with Gasteiger partial charge in [-0.25, -0.2) is 4.98 Å². The number of pyridine rings is 1. The normalized spacial score (nSPS) is 16.9. The van der Waals surface area contributed by atoms with Crippen LogP contribution in [0, 0.1) is 18.3 Å². The van der Waals surface area contributed by atoms with Gasteiger partial charge in [-0.1, -0.05) is 6.07 Å². The second-order valence-corrected chi connectivity index (χ2v) is 4.37. The first-order valence-corrected chi connectivity index (χ1v) is 5.90. The number of aryl methyl sites for hydroxylation is 1. The van der Waals surface area contributed by atoms with E-state index in [2.05, 4.69) is 16.0 Å². The second-order valence-electron chi connectivity index (χ2n) is 4.37. The van der Waals surface area contributed by atoms with Gasteiger partial charge in [0, 0.05) is 20.2 Å². The highest BCUT2D eigenvalue weighted by molar-refractivity contribution is 5.49. The number of ether oxygens (including phenoxy) is 1. The number of hydrogen-bond donors (Lipinski definition) is 0. The molecule has 1 aromatic rings. The number of hydrogen-bond acceptors (Lipinski definition) is 4. The molecule has 0 N–H and O–H groups in total. The first kappa shape index (κ1) is 11.9. The highest BCUT2D eigenvalue weighted by atomic mass is 16.5. The van der Waals surface area contributed by atoms with E-state index in [4.69, 9.17) is 10.00 Å². The maximum absolute atomic E-state index is 8.88. The van der Waals surface area contributed by atoms with Gasteiger partial charge in [-0.15, -0.1) is 0 Å². The lowest BCUT2D eigenvalue weighted by molar-refractivity contribution is 0.0818. The summed E-state index contributed by atoms with van der Waals surface area (Å²) in [5, 5.41) is 8.88. The van der Waals surface area contributed by atoms with Crippen molar-refractivity contribution in [2.45, 2.75) is 25.9 Å². The predicted molar refractivity (Wildman–Crippen MR) is 65.9 cm³/mol. The average molecular weight is 231 g/mol. The topological polar surface area (TPSA) is 49.1 Å². The Labute approximate surface area is 102 Å². The Bertz CT molecular complexity index is 431. The summed E-state index contributed by atoms with van der Waals surface area (Å²) >= 11 is 0. The zero-order chi connectivity index (χ0) is 12.3. The zero-order valence-corrected chi connectivity index (χ0v) is 10.3. The van der Waals surface area contributed by atoms with Crippen LogP contribution < -0.4 is 4.90 Å². The maximum atomic E-state index is 8.88. The fraction of sp³-hybridized carbons (Fsp3) is 0.538. The highest BCUT2D eigenvalue weighted by Gasteiger charge is 2.20. The predicted octanol–water partition coefficient (Wildman–Crippen LogP) is 1.88. The van der Waals surface area contributed by atoms with E-state index in [1.54, 1.807) is 13.2 Å². The second kappa shape index (κ2) is 5.15. The van der Waals surface area contributed by atoms with E-state index in [9.17, 15) is 0 Å². The Morgan fingerprint density at radius 1 is 1.41 bits per heavy atom. The smallest absolute Gasteiger partial charge is 0.142 e. The summed E-state index contributed by atoms with van der Waals surface area (Å²) in [6.07, 6.45) is 2.41. The summed E-state index contributed by atoms with van der Waals surface area (Å²) in [4.78, 5) is 6.63. The monoisotopic (exact) mass is 231 g/mol. The molecule has 17 heavy (non-hydrogen) atoms. The molecule has 0 aliphatic carbocycles. The first-order valence-electron chi connectivity index (χ1n) is 5.90. The minimum absolute atomic E-state index is 0.366. The molecule has 0 atom stereocenters. The van der Waals surface area contributed by atoms with Crippen LogP contribution in [0.5, 0.6) is 0 Å². The van der Waals surface area contributed by atoms with Crippen molar-refractivity contribution in [2.24, 2.45) is 0 Å². The molecule has 90 valence electrons. The Kier molecular flexibility index (Phi) is 3.60. The number of anilines is 1. The number of nitrogens with zero attached hydrogens (tertiary/aromatic N) is 3. The molecule has 1 aliphatic heterocycles. The molecule has 4 nitrogen and oxygen atoms in total. The minimum atomic E-state index is 0.366. The van der Waals surface area contributed by atoms with Crippen molar-refractivity contribution in [1.29, 1.82) is 5.26 Å². The van der Waals surface area contributed by atoms with Crippen LogP contribution in [-0.4, -0.2) is 31.3 Å². The molecule has 1 aliphatic rings. The lowest BCUT2D eigenvalue weighted by Gasteiger charge is -2.32. The van der Waals surface area contributed by atoms with Crippen molar-refractivity contribution < 1.29 is 4.74 Å². The average Bonchev–Trinajstić information content (AvgIpc) is 2.39. The molecule has 0 spiro atoms. The molecular weight excluding hydrogens is 214 g/mol. The fourth-order valence-electron chi connectivity index (χ4n) is 2.20. The molecule has 0 unspecified atom stereocenters. The van der Waals surface area contributed by atoms with Crippen LogP contribution in [0.2, 0.25) is 0 Å². The van der Waals surface area contributed by atoms with Gasteiger partial charge in [0.05, 0.1) is 6.10 Å². The first-order chi connectivity index (χ1) is 8.24. The van der Waals surface area contributed by atoms with E-state index in [1.807, 2.05) is 13.0 Å². The van der Waals surface area contributed by atoms with Gasteiger partial charge in [0.2, 0.25) is 0 Å². The van der Waals surface area contributed by atoms with Gasteiger partial charge >= 0.3 is 0 Å². The zero-order valence-electron chi connectivity index (χ0n) is 10.3. The lowest BCUT2D eigenvalue weighted by Crippen LogP contribution is -2.37. The van der Waals surface area contributed by atoms with Crippen molar-refractivity contribution >= 4 is 5.82 Å². The molecule has 2 rings (SSSR count). The molecule has 0 saturated carbocycles. The SMILES string of the molecule is COC1CCN(c2nc(C#N)ccc2C)CC1. The summed E-state index contributed by atoms with van der Waals surface area (Å²) in [7, 11) is 1.76. The van der Waals surface area contributed by atoms with Crippen molar-refractivity contribution in [2.75, 3.05) is 25.1 Å². The van der Waals surface area contributed by atoms with E-state index < -0.39 is 0 Å². The Morgan fingerprint density at radius 2 is 2.12 bits per heavy atom. The Balaban J connectivity index is 2.15. The van der Waals surface area contributed by atoms with E-state index >= 15 is 0 Å².